The zero-order valence-corrected chi connectivity index (χ0v) is 55.9. The van der Waals surface area contributed by atoms with Gasteiger partial charge in [0.1, 0.15) is 17.3 Å². The first-order chi connectivity index (χ1) is 43.7. The molecule has 0 aliphatic rings. The van der Waals surface area contributed by atoms with Crippen molar-refractivity contribution in [2.45, 2.75) is 131 Å². The minimum atomic E-state index is -0.0918. The Bertz CT molecular complexity index is 5210. The Morgan fingerprint density at radius 2 is 0.848 bits per heavy atom. The van der Waals surface area contributed by atoms with Gasteiger partial charge in [0.05, 0.1) is 50.0 Å². The lowest BCUT2D eigenvalue weighted by atomic mass is 9.78. The maximum absolute atomic E-state index is 7.02. The molecule has 15 rings (SSSR count). The summed E-state index contributed by atoms with van der Waals surface area (Å²) >= 11 is 0. The van der Waals surface area contributed by atoms with Crippen LogP contribution in [0.2, 0.25) is 0 Å². The number of para-hydroxylation sites is 4. The van der Waals surface area contributed by atoms with Crippen molar-refractivity contribution >= 4 is 70.9 Å². The lowest BCUT2D eigenvalue weighted by molar-refractivity contribution is -0.572. The summed E-state index contributed by atoms with van der Waals surface area (Å²) in [6.07, 6.45) is 5.78. The number of pyridine rings is 1. The molecule has 0 amide bonds. The number of benzene rings is 10. The molecule has 5 heterocycles. The predicted octanol–water partition coefficient (Wildman–Crippen LogP) is 22.6. The topological polar surface area (TPSA) is 40.3 Å². The summed E-state index contributed by atoms with van der Waals surface area (Å²) in [7, 11) is 0. The lowest BCUT2D eigenvalue weighted by Crippen LogP contribution is -2.29. The first-order valence-electron chi connectivity index (χ1n) is 32.7. The van der Waals surface area contributed by atoms with Crippen LogP contribution in [-0.4, -0.2) is 18.5 Å². The molecule has 0 unspecified atom stereocenters. The number of fused-ring (bicyclic) bond motifs is 10. The van der Waals surface area contributed by atoms with E-state index >= 15 is 0 Å². The van der Waals surface area contributed by atoms with Gasteiger partial charge in [0.25, 0.3) is 6.33 Å². The van der Waals surface area contributed by atoms with Gasteiger partial charge in [-0.25, -0.2) is 4.98 Å². The Kier molecular flexibility index (Phi) is 13.3. The van der Waals surface area contributed by atoms with Crippen LogP contribution in [0.3, 0.4) is 0 Å². The highest BCUT2D eigenvalue weighted by Crippen LogP contribution is 2.45. The number of aromatic nitrogens is 5. The van der Waals surface area contributed by atoms with Gasteiger partial charge >= 0.3 is 0 Å². The van der Waals surface area contributed by atoms with Gasteiger partial charge in [-0.2, -0.15) is 0 Å². The van der Waals surface area contributed by atoms with Crippen molar-refractivity contribution in [1.82, 2.24) is 18.5 Å². The molecule has 0 radical (unpaired) electrons. The Labute approximate surface area is 541 Å². The number of hydrogen-bond donors (Lipinski definition) is 0. The minimum absolute atomic E-state index is 0.0401. The molecule has 456 valence electrons. The first-order valence-corrected chi connectivity index (χ1v) is 32.7. The molecule has 5 aromatic heterocycles. The van der Waals surface area contributed by atoms with Crippen LogP contribution in [0.1, 0.15) is 132 Å². The molecule has 0 saturated carbocycles. The van der Waals surface area contributed by atoms with E-state index < -0.39 is 0 Å². The van der Waals surface area contributed by atoms with Crippen LogP contribution in [0, 0.1) is 6.33 Å². The Balaban J connectivity index is 0.864. The van der Waals surface area contributed by atoms with Crippen LogP contribution in [-0.2, 0) is 27.1 Å². The molecular formula is C86H81N5O. The third-order valence-corrected chi connectivity index (χ3v) is 19.2. The van der Waals surface area contributed by atoms with E-state index in [-0.39, 0.29) is 27.1 Å². The van der Waals surface area contributed by atoms with Crippen molar-refractivity contribution < 1.29 is 9.30 Å². The molecule has 92 heavy (non-hydrogen) atoms. The summed E-state index contributed by atoms with van der Waals surface area (Å²) < 4.78 is 16.1. The van der Waals surface area contributed by atoms with Crippen LogP contribution in [0.5, 0.6) is 11.5 Å². The molecule has 10 aromatic carbocycles. The fraction of sp³-hybridized carbons (Fsp3) is 0.233. The molecule has 0 fully saturated rings. The number of imidazole rings is 1. The summed E-state index contributed by atoms with van der Waals surface area (Å²) in [6.45, 7) is 34.7. The molecule has 0 N–H and O–H groups in total. The second kappa shape index (κ2) is 20.9. The molecule has 0 aliphatic carbocycles. The highest BCUT2D eigenvalue weighted by atomic mass is 16.5. The second-order valence-corrected chi connectivity index (χ2v) is 30.9. The van der Waals surface area contributed by atoms with Crippen molar-refractivity contribution in [2.75, 3.05) is 0 Å². The monoisotopic (exact) mass is 1200 g/mol. The quantitative estimate of drug-likeness (QED) is 0.112. The van der Waals surface area contributed by atoms with E-state index in [1.54, 1.807) is 0 Å². The third kappa shape index (κ3) is 10.1. The number of ether oxygens (including phenoxy) is 1. The zero-order chi connectivity index (χ0) is 64.1. The van der Waals surface area contributed by atoms with Gasteiger partial charge in [-0.05, 0) is 185 Å². The molecular weight excluding hydrogens is 1120 g/mol. The molecule has 0 atom stereocenters. The maximum atomic E-state index is 7.02. The molecule has 6 heteroatoms. The van der Waals surface area contributed by atoms with E-state index in [1.807, 2.05) is 12.3 Å². The highest BCUT2D eigenvalue weighted by molar-refractivity contribution is 6.24. The van der Waals surface area contributed by atoms with Crippen molar-refractivity contribution in [1.29, 1.82) is 0 Å². The van der Waals surface area contributed by atoms with Gasteiger partial charge < -0.3 is 9.14 Å². The van der Waals surface area contributed by atoms with E-state index in [2.05, 4.69) is 335 Å². The van der Waals surface area contributed by atoms with Crippen LogP contribution in [0.25, 0.3) is 122 Å². The van der Waals surface area contributed by atoms with Crippen molar-refractivity contribution in [2.24, 2.45) is 0 Å². The number of hydrogen-bond acceptors (Lipinski definition) is 2. The lowest BCUT2D eigenvalue weighted by Gasteiger charge is -2.27. The molecule has 0 saturated heterocycles. The van der Waals surface area contributed by atoms with E-state index in [4.69, 9.17) is 9.72 Å². The van der Waals surface area contributed by atoms with Crippen LogP contribution < -0.4 is 9.30 Å². The van der Waals surface area contributed by atoms with Gasteiger partial charge in [-0.15, -0.1) is 0 Å². The summed E-state index contributed by atoms with van der Waals surface area (Å²) in [5, 5.41) is 7.19. The zero-order valence-electron chi connectivity index (χ0n) is 55.9. The van der Waals surface area contributed by atoms with E-state index in [1.165, 1.54) is 88.2 Å². The standard InChI is InChI=1S/C86H81N5O/c1-82(2,3)59-35-36-87-80(47-59)90-76-34-31-53(54-37-55(57-40-60(83(4,5)6)45-61(41-57)84(7,8)9)39-56(38-54)58-42-62(85(10,11)12)46-63(43-58)86(13,14)15)44-71(76)70-33-32-67(51-79(70)90)92-66-24-22-23-64(48-66)88-52-89(78-30-21-20-29-77(78)88)65-49-72-68-25-16-18-27-74(68)91-75-28-19-17-26-69(75)73(50-65)81(72)91/h16-51H,1-15H3. The molecule has 0 bridgehead atoms. The minimum Gasteiger partial charge on any atom is -0.458 e. The van der Waals surface area contributed by atoms with Crippen LogP contribution >= 0.6 is 0 Å². The van der Waals surface area contributed by atoms with Gasteiger partial charge in [-0.1, -0.05) is 213 Å². The summed E-state index contributed by atoms with van der Waals surface area (Å²) in [4.78, 5) is 5.13. The first kappa shape index (κ1) is 58.6. The van der Waals surface area contributed by atoms with Crippen LogP contribution in [0.4, 0.5) is 0 Å². The average Bonchev–Trinajstić information content (AvgIpc) is 1.55. The summed E-state index contributed by atoms with van der Waals surface area (Å²) in [5.41, 5.74) is 23.3. The van der Waals surface area contributed by atoms with Gasteiger partial charge in [0, 0.05) is 44.6 Å². The van der Waals surface area contributed by atoms with Gasteiger partial charge in [0.15, 0.2) is 0 Å². The van der Waals surface area contributed by atoms with E-state index in [0.717, 1.165) is 72.7 Å². The second-order valence-electron chi connectivity index (χ2n) is 30.9. The largest absolute Gasteiger partial charge is 0.458 e. The predicted molar refractivity (Wildman–Crippen MR) is 387 cm³/mol. The number of rotatable bonds is 8. The fourth-order valence-electron chi connectivity index (χ4n) is 13.8. The van der Waals surface area contributed by atoms with E-state index in [0.29, 0.717) is 0 Å². The molecule has 0 aliphatic heterocycles. The highest BCUT2D eigenvalue weighted by Gasteiger charge is 2.27. The normalized spacial score (nSPS) is 12.9. The summed E-state index contributed by atoms with van der Waals surface area (Å²) in [5.74, 6) is 2.31. The third-order valence-electron chi connectivity index (χ3n) is 19.2. The van der Waals surface area contributed by atoms with Crippen molar-refractivity contribution in [3.63, 3.8) is 0 Å². The van der Waals surface area contributed by atoms with Crippen molar-refractivity contribution in [3.8, 4) is 62.1 Å². The molecule has 0 spiro atoms. The van der Waals surface area contributed by atoms with Gasteiger partial charge in [-0.3, -0.25) is 13.7 Å². The average molecular weight is 1200 g/mol. The SMILES string of the molecule is CC(C)(C)c1cc(-c2cc(-c3cc(C(C)(C)C)cc(C(C)(C)C)c3)cc(-c3ccc4c(c3)c3ccc(Oc5cccc(-n6[c-][n+](-c7cc8c9ccccc9n9c%10ccccc%10c(c7)c89)c7ccccc76)c5)cc3n4-c3cc(C(C)(C)C)ccn3)c2)cc(C(C)(C)C)c1. The fourth-order valence-corrected chi connectivity index (χ4v) is 13.8. The van der Waals surface area contributed by atoms with E-state index in [9.17, 15) is 0 Å². The Morgan fingerprint density at radius 1 is 0.348 bits per heavy atom. The summed E-state index contributed by atoms with van der Waals surface area (Å²) in [6, 6.07) is 79.0. The molecule has 6 nitrogen and oxygen atoms in total. The van der Waals surface area contributed by atoms with Crippen LogP contribution in [0.15, 0.2) is 219 Å². The molecule has 15 aromatic rings. The van der Waals surface area contributed by atoms with Gasteiger partial charge in [0.2, 0.25) is 0 Å². The maximum Gasteiger partial charge on any atom is 0.269 e. The smallest absolute Gasteiger partial charge is 0.269 e. The number of nitrogens with zero attached hydrogens (tertiary/aromatic N) is 5. The Morgan fingerprint density at radius 3 is 1.41 bits per heavy atom. The van der Waals surface area contributed by atoms with Crippen molar-refractivity contribution in [3.05, 3.63) is 253 Å². The Hall–Kier alpha value is -9.78.